The molecule has 0 aliphatic carbocycles. The van der Waals surface area contributed by atoms with Crippen LogP contribution < -0.4 is 5.56 Å². The van der Waals surface area contributed by atoms with Gasteiger partial charge < -0.3 is 9.67 Å². The quantitative estimate of drug-likeness (QED) is 0.796. The molecule has 0 radical (unpaired) electrons. The van der Waals surface area contributed by atoms with Gasteiger partial charge in [-0.3, -0.25) is 4.79 Å². The minimum absolute atomic E-state index is 0.0849. The second kappa shape index (κ2) is 5.54. The van der Waals surface area contributed by atoms with E-state index < -0.39 is 6.10 Å². The maximum atomic E-state index is 12.3. The summed E-state index contributed by atoms with van der Waals surface area (Å²) in [6.07, 6.45) is 3.40. The van der Waals surface area contributed by atoms with E-state index in [9.17, 15) is 9.90 Å². The summed E-state index contributed by atoms with van der Waals surface area (Å²) in [6, 6.07) is 11.2. The first-order chi connectivity index (χ1) is 10.1. The lowest BCUT2D eigenvalue weighted by molar-refractivity contribution is 0.160. The molecule has 0 aliphatic heterocycles. The molecule has 0 saturated heterocycles. The highest BCUT2D eigenvalue weighted by Gasteiger charge is 2.09. The van der Waals surface area contributed by atoms with Crippen LogP contribution >= 0.6 is 0 Å². The van der Waals surface area contributed by atoms with E-state index >= 15 is 0 Å². The minimum atomic E-state index is -0.569. The molecule has 2 heterocycles. The topological polar surface area (TPSA) is 59.5 Å². The zero-order chi connectivity index (χ0) is 14.8. The lowest BCUT2D eigenvalue weighted by Gasteiger charge is -2.12. The van der Waals surface area contributed by atoms with Gasteiger partial charge in [0.2, 0.25) is 0 Å². The van der Waals surface area contributed by atoms with Crippen molar-refractivity contribution in [2.45, 2.75) is 26.0 Å². The molecule has 21 heavy (non-hydrogen) atoms. The molecule has 3 aromatic rings. The summed E-state index contributed by atoms with van der Waals surface area (Å²) in [6.45, 7) is 2.32. The maximum Gasteiger partial charge on any atom is 0.276 e. The average molecular weight is 283 g/mol. The van der Waals surface area contributed by atoms with Crippen molar-refractivity contribution >= 4 is 5.52 Å². The number of aryl methyl sites for hydroxylation is 2. The molecule has 0 fully saturated rings. The van der Waals surface area contributed by atoms with Crippen molar-refractivity contribution in [3.63, 3.8) is 0 Å². The van der Waals surface area contributed by atoms with Crippen LogP contribution in [-0.2, 0) is 6.54 Å². The molecule has 0 amide bonds. The van der Waals surface area contributed by atoms with Crippen molar-refractivity contribution in [1.82, 2.24) is 14.2 Å². The van der Waals surface area contributed by atoms with Gasteiger partial charge in [0.1, 0.15) is 5.52 Å². The van der Waals surface area contributed by atoms with Crippen LogP contribution in [0.2, 0.25) is 0 Å². The van der Waals surface area contributed by atoms with Gasteiger partial charge in [-0.05, 0) is 25.0 Å². The van der Waals surface area contributed by atoms with E-state index in [2.05, 4.69) is 5.10 Å². The number of aliphatic hydroxyl groups is 1. The molecular weight excluding hydrogens is 266 g/mol. The fraction of sp³-hybridized carbons (Fsp3) is 0.250. The van der Waals surface area contributed by atoms with E-state index in [1.54, 1.807) is 27.5 Å². The van der Waals surface area contributed by atoms with Crippen LogP contribution in [0.15, 0.2) is 53.6 Å². The van der Waals surface area contributed by atoms with E-state index in [4.69, 9.17) is 0 Å². The van der Waals surface area contributed by atoms with Crippen LogP contribution in [0.1, 0.15) is 23.8 Å². The van der Waals surface area contributed by atoms with E-state index in [1.165, 1.54) is 0 Å². The molecule has 0 bridgehead atoms. The van der Waals surface area contributed by atoms with Gasteiger partial charge in [0.25, 0.3) is 5.56 Å². The molecule has 1 atom stereocenters. The Hall–Kier alpha value is -2.40. The molecule has 5 heteroatoms. The van der Waals surface area contributed by atoms with E-state index in [-0.39, 0.29) is 5.56 Å². The van der Waals surface area contributed by atoms with Crippen LogP contribution in [0.5, 0.6) is 0 Å². The van der Waals surface area contributed by atoms with Crippen molar-refractivity contribution in [2.75, 3.05) is 0 Å². The summed E-state index contributed by atoms with van der Waals surface area (Å²) in [5.74, 6) is 0. The Bertz CT molecular complexity index is 805. The number of nitrogens with zero attached hydrogens (tertiary/aromatic N) is 3. The van der Waals surface area contributed by atoms with Gasteiger partial charge in [0.05, 0.1) is 11.8 Å². The smallest absolute Gasteiger partial charge is 0.276 e. The van der Waals surface area contributed by atoms with Gasteiger partial charge in [-0.15, -0.1) is 0 Å². The summed E-state index contributed by atoms with van der Waals surface area (Å²) in [7, 11) is 0. The highest BCUT2D eigenvalue weighted by molar-refractivity contribution is 5.44. The first-order valence-corrected chi connectivity index (χ1v) is 6.93. The third kappa shape index (κ3) is 2.73. The number of rotatable bonds is 4. The molecule has 0 spiro atoms. The van der Waals surface area contributed by atoms with Crippen LogP contribution in [0, 0.1) is 6.92 Å². The van der Waals surface area contributed by atoms with Crippen LogP contribution in [-0.4, -0.2) is 19.3 Å². The SMILES string of the molecule is Cc1cc2c(=O)n(CCC(O)c3ccccc3)ccn2n1. The Morgan fingerprint density at radius 3 is 2.76 bits per heavy atom. The predicted molar refractivity (Wildman–Crippen MR) is 80.2 cm³/mol. The summed E-state index contributed by atoms with van der Waals surface area (Å²) in [5.41, 5.74) is 2.16. The summed E-state index contributed by atoms with van der Waals surface area (Å²) < 4.78 is 3.20. The molecule has 2 aromatic heterocycles. The monoisotopic (exact) mass is 283 g/mol. The van der Waals surface area contributed by atoms with Crippen LogP contribution in [0.4, 0.5) is 0 Å². The maximum absolute atomic E-state index is 12.3. The van der Waals surface area contributed by atoms with Crippen molar-refractivity contribution in [3.8, 4) is 0 Å². The number of benzene rings is 1. The van der Waals surface area contributed by atoms with Gasteiger partial charge in [-0.2, -0.15) is 5.10 Å². The summed E-state index contributed by atoms with van der Waals surface area (Å²) in [4.78, 5) is 12.3. The number of hydrogen-bond donors (Lipinski definition) is 1. The van der Waals surface area contributed by atoms with Gasteiger partial charge in [0, 0.05) is 18.9 Å². The van der Waals surface area contributed by atoms with E-state index in [1.807, 2.05) is 37.3 Å². The Balaban J connectivity index is 1.79. The van der Waals surface area contributed by atoms with Crippen LogP contribution in [0.25, 0.3) is 5.52 Å². The fourth-order valence-corrected chi connectivity index (χ4v) is 2.43. The highest BCUT2D eigenvalue weighted by atomic mass is 16.3. The second-order valence-corrected chi connectivity index (χ2v) is 5.13. The summed E-state index contributed by atoms with van der Waals surface area (Å²) in [5, 5.41) is 14.4. The number of aromatic nitrogens is 3. The molecular formula is C16H17N3O2. The minimum Gasteiger partial charge on any atom is -0.388 e. The lowest BCUT2D eigenvalue weighted by atomic mass is 10.1. The Morgan fingerprint density at radius 1 is 1.24 bits per heavy atom. The molecule has 5 nitrogen and oxygen atoms in total. The van der Waals surface area contributed by atoms with Gasteiger partial charge in [-0.1, -0.05) is 30.3 Å². The van der Waals surface area contributed by atoms with Crippen molar-refractivity contribution in [2.24, 2.45) is 0 Å². The van der Waals surface area contributed by atoms with Gasteiger partial charge >= 0.3 is 0 Å². The first kappa shape index (κ1) is 13.6. The predicted octanol–water partition coefficient (Wildman–Crippen LogP) is 1.93. The standard InChI is InChI=1S/C16H17N3O2/c1-12-11-14-16(21)18(9-10-19(14)17-12)8-7-15(20)13-5-3-2-4-6-13/h2-6,9-11,15,20H,7-8H2,1H3. The van der Waals surface area contributed by atoms with Gasteiger partial charge in [-0.25, -0.2) is 4.52 Å². The van der Waals surface area contributed by atoms with Crippen molar-refractivity contribution in [3.05, 3.63) is 70.4 Å². The summed E-state index contributed by atoms with van der Waals surface area (Å²) >= 11 is 0. The van der Waals surface area contributed by atoms with Gasteiger partial charge in [0.15, 0.2) is 0 Å². The van der Waals surface area contributed by atoms with Crippen molar-refractivity contribution < 1.29 is 5.11 Å². The number of aliphatic hydroxyl groups excluding tert-OH is 1. The highest BCUT2D eigenvalue weighted by Crippen LogP contribution is 2.16. The molecule has 0 aliphatic rings. The molecule has 1 aromatic carbocycles. The van der Waals surface area contributed by atoms with E-state index in [0.29, 0.717) is 18.5 Å². The Kier molecular flexibility index (Phi) is 3.58. The van der Waals surface area contributed by atoms with Crippen molar-refractivity contribution in [1.29, 1.82) is 0 Å². The molecule has 3 rings (SSSR count). The average Bonchev–Trinajstić information content (AvgIpc) is 2.89. The molecule has 1 N–H and O–H groups in total. The third-order valence-electron chi connectivity index (χ3n) is 3.55. The first-order valence-electron chi connectivity index (χ1n) is 6.93. The lowest BCUT2D eigenvalue weighted by Crippen LogP contribution is -2.22. The normalized spacial score (nSPS) is 12.7. The largest absolute Gasteiger partial charge is 0.388 e. The zero-order valence-corrected chi connectivity index (χ0v) is 11.8. The molecule has 1 unspecified atom stereocenters. The van der Waals surface area contributed by atoms with E-state index in [0.717, 1.165) is 11.3 Å². The fourth-order valence-electron chi connectivity index (χ4n) is 2.43. The number of fused-ring (bicyclic) bond motifs is 1. The Morgan fingerprint density at radius 2 is 2.00 bits per heavy atom. The Labute approximate surface area is 122 Å². The second-order valence-electron chi connectivity index (χ2n) is 5.13. The zero-order valence-electron chi connectivity index (χ0n) is 11.8. The van der Waals surface area contributed by atoms with Crippen LogP contribution in [0.3, 0.4) is 0 Å². The molecule has 108 valence electrons. The third-order valence-corrected chi connectivity index (χ3v) is 3.55. The molecule has 0 saturated carbocycles. The number of hydrogen-bond acceptors (Lipinski definition) is 3.